The lowest BCUT2D eigenvalue weighted by molar-refractivity contribution is -0.772. The number of benzene rings is 3. The van der Waals surface area contributed by atoms with Gasteiger partial charge in [-0.2, -0.15) is 0 Å². The van der Waals surface area contributed by atoms with Crippen LogP contribution in [0, 0.1) is 25.0 Å². The third-order valence-electron chi connectivity index (χ3n) is 7.72. The maximum Gasteiger partial charge on any atom is 0.300 e. The summed E-state index contributed by atoms with van der Waals surface area (Å²) in [6, 6.07) is 22.1. The SMILES string of the molecule is Cc1ccc(N2C[C@H]3[C@H](C(C(=O)c4ccccc4)=[N+]([O-])OC3(C)C)c3c2oc2ccc(C)cc2c3=O)cc1. The molecule has 0 N–H and O–H groups in total. The first-order valence-corrected chi connectivity index (χ1v) is 12.7. The first-order chi connectivity index (χ1) is 18.2. The van der Waals surface area contributed by atoms with Gasteiger partial charge in [0.25, 0.3) is 5.78 Å². The van der Waals surface area contributed by atoms with Crippen LogP contribution in [0.15, 0.2) is 82.0 Å². The number of anilines is 2. The van der Waals surface area contributed by atoms with E-state index in [1.165, 1.54) is 0 Å². The highest BCUT2D eigenvalue weighted by atomic mass is 16.9. The van der Waals surface area contributed by atoms with Crippen molar-refractivity contribution in [1.29, 1.82) is 0 Å². The Morgan fingerprint density at radius 2 is 1.68 bits per heavy atom. The van der Waals surface area contributed by atoms with Crippen LogP contribution >= 0.6 is 0 Å². The summed E-state index contributed by atoms with van der Waals surface area (Å²) >= 11 is 0. The van der Waals surface area contributed by atoms with Crippen LogP contribution < -0.4 is 10.3 Å². The molecule has 7 heteroatoms. The van der Waals surface area contributed by atoms with Gasteiger partial charge in [-0.05, 0) is 52.0 Å². The predicted molar refractivity (Wildman–Crippen MR) is 146 cm³/mol. The number of Topliss-reactive ketones (excluding diaryl/α,β-unsaturated/α-hetero) is 1. The van der Waals surface area contributed by atoms with Gasteiger partial charge < -0.3 is 14.2 Å². The topological polar surface area (TPSA) is 85.8 Å². The van der Waals surface area contributed by atoms with Crippen LogP contribution in [0.3, 0.4) is 0 Å². The molecule has 3 heterocycles. The van der Waals surface area contributed by atoms with Crippen molar-refractivity contribution in [2.24, 2.45) is 5.92 Å². The Kier molecular flexibility index (Phi) is 5.42. The molecule has 1 aromatic heterocycles. The van der Waals surface area contributed by atoms with Crippen molar-refractivity contribution in [2.75, 3.05) is 11.4 Å². The van der Waals surface area contributed by atoms with Gasteiger partial charge in [-0.25, -0.2) is 0 Å². The number of hydrogen-bond acceptors (Lipinski definition) is 6. The molecule has 4 aromatic rings. The van der Waals surface area contributed by atoms with Crippen molar-refractivity contribution >= 4 is 34.0 Å². The van der Waals surface area contributed by atoms with Crippen molar-refractivity contribution in [3.63, 3.8) is 0 Å². The molecule has 2 aliphatic rings. The zero-order valence-corrected chi connectivity index (χ0v) is 21.7. The van der Waals surface area contributed by atoms with Gasteiger partial charge in [0.2, 0.25) is 5.88 Å². The van der Waals surface area contributed by atoms with Gasteiger partial charge in [-0.1, -0.05) is 59.7 Å². The summed E-state index contributed by atoms with van der Waals surface area (Å²) in [5, 5.41) is 13.8. The summed E-state index contributed by atoms with van der Waals surface area (Å²) in [5.41, 5.74) is 2.65. The van der Waals surface area contributed by atoms with E-state index in [1.807, 2.05) is 62.9 Å². The molecule has 3 aromatic carbocycles. The Morgan fingerprint density at radius 1 is 1.00 bits per heavy atom. The van der Waals surface area contributed by atoms with Crippen LogP contribution in [-0.4, -0.2) is 28.5 Å². The second-order valence-corrected chi connectivity index (χ2v) is 10.7. The molecule has 6 rings (SSSR count). The average molecular weight is 509 g/mol. The molecule has 0 bridgehead atoms. The van der Waals surface area contributed by atoms with Gasteiger partial charge in [-0.15, -0.1) is 0 Å². The molecule has 0 radical (unpaired) electrons. The highest BCUT2D eigenvalue weighted by Gasteiger charge is 2.56. The first-order valence-electron chi connectivity index (χ1n) is 12.7. The smallest absolute Gasteiger partial charge is 0.300 e. The van der Waals surface area contributed by atoms with E-state index in [9.17, 15) is 14.8 Å². The van der Waals surface area contributed by atoms with Crippen molar-refractivity contribution in [2.45, 2.75) is 39.2 Å². The summed E-state index contributed by atoms with van der Waals surface area (Å²) in [7, 11) is 0. The van der Waals surface area contributed by atoms with E-state index in [-0.39, 0.29) is 11.1 Å². The second kappa shape index (κ2) is 8.58. The van der Waals surface area contributed by atoms with Gasteiger partial charge in [0, 0.05) is 28.6 Å². The molecule has 0 saturated carbocycles. The molecular formula is C31H28N2O5. The summed E-state index contributed by atoms with van der Waals surface area (Å²) in [6.07, 6.45) is 0. The predicted octanol–water partition coefficient (Wildman–Crippen LogP) is 5.82. The van der Waals surface area contributed by atoms with E-state index in [2.05, 4.69) is 0 Å². The average Bonchev–Trinajstić information content (AvgIpc) is 2.89. The molecule has 38 heavy (non-hydrogen) atoms. The quantitative estimate of drug-likeness (QED) is 0.256. The molecule has 192 valence electrons. The molecule has 2 aliphatic heterocycles. The number of aryl methyl sites for hydroxylation is 2. The summed E-state index contributed by atoms with van der Waals surface area (Å²) in [6.45, 7) is 7.95. The van der Waals surface area contributed by atoms with Crippen LogP contribution in [0.2, 0.25) is 0 Å². The highest BCUT2D eigenvalue weighted by molar-refractivity contribution is 6.46. The van der Waals surface area contributed by atoms with E-state index in [0.717, 1.165) is 16.8 Å². The molecule has 0 amide bonds. The summed E-state index contributed by atoms with van der Waals surface area (Å²) in [4.78, 5) is 36.2. The fraction of sp³-hybridized carbons (Fsp3) is 0.258. The first kappa shape index (κ1) is 24.0. The van der Waals surface area contributed by atoms with E-state index < -0.39 is 23.2 Å². The molecular weight excluding hydrogens is 480 g/mol. The van der Waals surface area contributed by atoms with E-state index in [0.29, 0.717) is 39.4 Å². The van der Waals surface area contributed by atoms with Crippen LogP contribution in [0.4, 0.5) is 11.6 Å². The molecule has 7 nitrogen and oxygen atoms in total. The lowest BCUT2D eigenvalue weighted by atomic mass is 9.69. The van der Waals surface area contributed by atoms with Crippen molar-refractivity contribution in [1.82, 2.24) is 0 Å². The normalized spacial score (nSPS) is 20.1. The molecule has 0 fully saturated rings. The number of nitrogens with zero attached hydrogens (tertiary/aromatic N) is 2. The van der Waals surface area contributed by atoms with E-state index in [1.54, 1.807) is 42.5 Å². The Hall–Kier alpha value is -4.39. The van der Waals surface area contributed by atoms with Crippen LogP contribution in [0.1, 0.15) is 46.8 Å². The molecule has 2 atom stereocenters. The summed E-state index contributed by atoms with van der Waals surface area (Å²) < 4.78 is 6.44. The van der Waals surface area contributed by atoms with E-state index in [4.69, 9.17) is 9.25 Å². The maximum absolute atomic E-state index is 14.3. The number of hydrogen-bond donors (Lipinski definition) is 0. The van der Waals surface area contributed by atoms with Gasteiger partial charge in [0.15, 0.2) is 5.43 Å². The third kappa shape index (κ3) is 3.69. The third-order valence-corrected chi connectivity index (χ3v) is 7.72. The Labute approximate surface area is 220 Å². The number of carbonyl (C=O) groups is 1. The van der Waals surface area contributed by atoms with Gasteiger partial charge in [-0.3, -0.25) is 14.8 Å². The standard InChI is InChI=1S/C31H28N2O5/c1-18-10-13-21(14-11-18)32-17-23-25(26-29(35)22-16-19(2)12-15-24(22)37-30(26)32)27(33(36)38-31(23,3)4)28(34)20-8-6-5-7-9-20/h5-16,23,25H,17H2,1-4H3/t23-,25-/m0/s1. The number of carbonyl (C=O) groups excluding carboxylic acids is 1. The maximum atomic E-state index is 14.3. The largest absolute Gasteiger partial charge is 0.440 e. The van der Waals surface area contributed by atoms with Crippen LogP contribution in [0.5, 0.6) is 0 Å². The van der Waals surface area contributed by atoms with E-state index >= 15 is 0 Å². The molecule has 0 spiro atoms. The van der Waals surface area contributed by atoms with Gasteiger partial charge >= 0.3 is 5.71 Å². The van der Waals surface area contributed by atoms with Crippen molar-refractivity contribution in [3.05, 3.63) is 110 Å². The second-order valence-electron chi connectivity index (χ2n) is 10.7. The zero-order valence-electron chi connectivity index (χ0n) is 21.7. The Morgan fingerprint density at radius 3 is 2.39 bits per heavy atom. The minimum atomic E-state index is -0.971. The Balaban J connectivity index is 1.66. The van der Waals surface area contributed by atoms with Crippen LogP contribution in [-0.2, 0) is 4.84 Å². The Bertz CT molecular complexity index is 1670. The molecule has 0 saturated heterocycles. The number of fused-ring (bicyclic) bond motifs is 4. The fourth-order valence-electron chi connectivity index (χ4n) is 5.67. The van der Waals surface area contributed by atoms with Gasteiger partial charge in [0.1, 0.15) is 5.58 Å². The zero-order chi connectivity index (χ0) is 26.8. The monoisotopic (exact) mass is 508 g/mol. The number of ketones is 1. The molecule has 0 aliphatic carbocycles. The minimum absolute atomic E-state index is 0.107. The minimum Gasteiger partial charge on any atom is -0.440 e. The van der Waals surface area contributed by atoms with Crippen LogP contribution in [0.25, 0.3) is 11.0 Å². The lowest BCUT2D eigenvalue weighted by Crippen LogP contribution is -2.57. The summed E-state index contributed by atoms with van der Waals surface area (Å²) in [5.74, 6) is -1.33. The molecule has 0 unspecified atom stereocenters. The number of rotatable bonds is 3. The van der Waals surface area contributed by atoms with Crippen molar-refractivity contribution in [3.8, 4) is 0 Å². The van der Waals surface area contributed by atoms with Crippen molar-refractivity contribution < 1.29 is 19.0 Å². The van der Waals surface area contributed by atoms with Gasteiger partial charge in [0.05, 0.1) is 22.5 Å². The highest BCUT2D eigenvalue weighted by Crippen LogP contribution is 2.49. The fourth-order valence-corrected chi connectivity index (χ4v) is 5.67. The lowest BCUT2D eigenvalue weighted by Gasteiger charge is -2.48.